The lowest BCUT2D eigenvalue weighted by molar-refractivity contribution is 0.0838. The van der Waals surface area contributed by atoms with Gasteiger partial charge in [0.15, 0.2) is 5.78 Å². The molecule has 0 bridgehead atoms. The summed E-state index contributed by atoms with van der Waals surface area (Å²) < 4.78 is 13.5. The van der Waals surface area contributed by atoms with E-state index in [4.69, 9.17) is 0 Å². The van der Waals surface area contributed by atoms with Gasteiger partial charge in [-0.2, -0.15) is 0 Å². The first-order valence-corrected chi connectivity index (χ1v) is 6.22. The second kappa shape index (κ2) is 4.25. The standard InChI is InChI=1S/C15H19FO/c1-10-6-7-11(9-13(10)16)14(17)12-5-4-8-15(12,2)3/h6-7,9,12H,4-5,8H2,1-3H3. The summed E-state index contributed by atoms with van der Waals surface area (Å²) >= 11 is 0. The van der Waals surface area contributed by atoms with E-state index in [2.05, 4.69) is 13.8 Å². The maximum Gasteiger partial charge on any atom is 0.166 e. The van der Waals surface area contributed by atoms with Crippen molar-refractivity contribution in [1.82, 2.24) is 0 Å². The second-order valence-corrected chi connectivity index (χ2v) is 5.76. The lowest BCUT2D eigenvalue weighted by atomic mass is 9.77. The zero-order valence-electron chi connectivity index (χ0n) is 10.7. The molecule has 0 aromatic heterocycles. The van der Waals surface area contributed by atoms with Crippen LogP contribution < -0.4 is 0 Å². The highest BCUT2D eigenvalue weighted by Crippen LogP contribution is 2.44. The Hall–Kier alpha value is -1.18. The Morgan fingerprint density at radius 1 is 1.41 bits per heavy atom. The second-order valence-electron chi connectivity index (χ2n) is 5.76. The first kappa shape index (κ1) is 12.3. The summed E-state index contributed by atoms with van der Waals surface area (Å²) in [6, 6.07) is 4.81. The van der Waals surface area contributed by atoms with E-state index < -0.39 is 0 Å². The molecule has 1 aromatic carbocycles. The van der Waals surface area contributed by atoms with Gasteiger partial charge >= 0.3 is 0 Å². The summed E-state index contributed by atoms with van der Waals surface area (Å²) in [6.07, 6.45) is 3.11. The molecule has 17 heavy (non-hydrogen) atoms. The zero-order valence-corrected chi connectivity index (χ0v) is 10.7. The van der Waals surface area contributed by atoms with E-state index in [1.54, 1.807) is 19.1 Å². The maximum absolute atomic E-state index is 13.5. The molecule has 0 saturated heterocycles. The van der Waals surface area contributed by atoms with Crippen LogP contribution in [0.25, 0.3) is 0 Å². The molecule has 0 aliphatic heterocycles. The van der Waals surface area contributed by atoms with E-state index in [1.165, 1.54) is 6.07 Å². The van der Waals surface area contributed by atoms with Crippen LogP contribution in [0.5, 0.6) is 0 Å². The van der Waals surface area contributed by atoms with Crippen LogP contribution in [-0.2, 0) is 0 Å². The van der Waals surface area contributed by atoms with Crippen LogP contribution >= 0.6 is 0 Å². The quantitative estimate of drug-likeness (QED) is 0.703. The molecule has 1 atom stereocenters. The molecule has 1 aromatic rings. The van der Waals surface area contributed by atoms with Crippen molar-refractivity contribution in [1.29, 1.82) is 0 Å². The Morgan fingerprint density at radius 2 is 2.12 bits per heavy atom. The van der Waals surface area contributed by atoms with E-state index in [0.717, 1.165) is 19.3 Å². The fourth-order valence-electron chi connectivity index (χ4n) is 2.76. The largest absolute Gasteiger partial charge is 0.294 e. The van der Waals surface area contributed by atoms with E-state index in [-0.39, 0.29) is 22.9 Å². The summed E-state index contributed by atoms with van der Waals surface area (Å²) in [6.45, 7) is 5.98. The molecule has 0 heterocycles. The predicted octanol–water partition coefficient (Wildman–Crippen LogP) is 4.14. The maximum atomic E-state index is 13.5. The molecule has 2 heteroatoms. The number of benzene rings is 1. The predicted molar refractivity (Wildman–Crippen MR) is 66.6 cm³/mol. The molecule has 92 valence electrons. The van der Waals surface area contributed by atoms with Gasteiger partial charge in [0.1, 0.15) is 5.82 Å². The lowest BCUT2D eigenvalue weighted by Crippen LogP contribution is -2.25. The van der Waals surface area contributed by atoms with Crippen molar-refractivity contribution in [3.63, 3.8) is 0 Å². The van der Waals surface area contributed by atoms with Gasteiger partial charge in [-0.3, -0.25) is 4.79 Å². The minimum absolute atomic E-state index is 0.0459. The SMILES string of the molecule is Cc1ccc(C(=O)C2CCCC2(C)C)cc1F. The molecule has 1 aliphatic carbocycles. The number of hydrogen-bond donors (Lipinski definition) is 0. The van der Waals surface area contributed by atoms with Gasteiger partial charge in [-0.1, -0.05) is 32.4 Å². The Bertz CT molecular complexity index is 448. The van der Waals surface area contributed by atoms with Gasteiger partial charge in [0.2, 0.25) is 0 Å². The minimum atomic E-state index is -0.286. The average molecular weight is 234 g/mol. The summed E-state index contributed by atoms with van der Waals surface area (Å²) in [5, 5.41) is 0. The molecule has 1 nitrogen and oxygen atoms in total. The zero-order chi connectivity index (χ0) is 12.6. The Kier molecular flexibility index (Phi) is 3.07. The summed E-state index contributed by atoms with van der Waals surface area (Å²) in [5.41, 5.74) is 1.17. The van der Waals surface area contributed by atoms with Crippen molar-refractivity contribution in [2.75, 3.05) is 0 Å². The van der Waals surface area contributed by atoms with Crippen molar-refractivity contribution in [2.45, 2.75) is 40.0 Å². The van der Waals surface area contributed by atoms with Gasteiger partial charge in [-0.15, -0.1) is 0 Å². The average Bonchev–Trinajstić information content (AvgIpc) is 2.61. The molecule has 0 N–H and O–H groups in total. The van der Waals surface area contributed by atoms with Gasteiger partial charge in [0.05, 0.1) is 0 Å². The monoisotopic (exact) mass is 234 g/mol. The third-order valence-electron chi connectivity index (χ3n) is 4.03. The number of rotatable bonds is 2. The summed E-state index contributed by atoms with van der Waals surface area (Å²) in [5.74, 6) is -0.136. The topological polar surface area (TPSA) is 17.1 Å². The van der Waals surface area contributed by atoms with E-state index >= 15 is 0 Å². The lowest BCUT2D eigenvalue weighted by Gasteiger charge is -2.25. The number of ketones is 1. The van der Waals surface area contributed by atoms with Crippen molar-refractivity contribution >= 4 is 5.78 Å². The van der Waals surface area contributed by atoms with Crippen molar-refractivity contribution in [2.24, 2.45) is 11.3 Å². The highest BCUT2D eigenvalue weighted by atomic mass is 19.1. The van der Waals surface area contributed by atoms with E-state index in [1.807, 2.05) is 0 Å². The Labute approximate surface area is 102 Å². The summed E-state index contributed by atoms with van der Waals surface area (Å²) in [4.78, 5) is 12.4. The normalized spacial score (nSPS) is 22.7. The Balaban J connectivity index is 2.28. The molecule has 1 unspecified atom stereocenters. The first-order chi connectivity index (χ1) is 7.92. The van der Waals surface area contributed by atoms with Crippen LogP contribution in [0.2, 0.25) is 0 Å². The number of carbonyl (C=O) groups is 1. The van der Waals surface area contributed by atoms with Gasteiger partial charge < -0.3 is 0 Å². The molecule has 1 fully saturated rings. The van der Waals surface area contributed by atoms with Crippen molar-refractivity contribution in [3.8, 4) is 0 Å². The first-order valence-electron chi connectivity index (χ1n) is 6.22. The Morgan fingerprint density at radius 3 is 2.65 bits per heavy atom. The van der Waals surface area contributed by atoms with Gasteiger partial charge in [-0.25, -0.2) is 4.39 Å². The fourth-order valence-corrected chi connectivity index (χ4v) is 2.76. The van der Waals surface area contributed by atoms with Gasteiger partial charge in [0.25, 0.3) is 0 Å². The van der Waals surface area contributed by atoms with Crippen LogP contribution in [-0.4, -0.2) is 5.78 Å². The molecular weight excluding hydrogens is 215 g/mol. The molecule has 0 spiro atoms. The van der Waals surface area contributed by atoms with Crippen LogP contribution in [0, 0.1) is 24.1 Å². The van der Waals surface area contributed by atoms with Gasteiger partial charge in [-0.05, 0) is 36.8 Å². The number of hydrogen-bond acceptors (Lipinski definition) is 1. The van der Waals surface area contributed by atoms with Crippen LogP contribution in [0.3, 0.4) is 0 Å². The number of halogens is 1. The van der Waals surface area contributed by atoms with Crippen LogP contribution in [0.15, 0.2) is 18.2 Å². The van der Waals surface area contributed by atoms with Crippen molar-refractivity contribution < 1.29 is 9.18 Å². The van der Waals surface area contributed by atoms with Gasteiger partial charge in [0, 0.05) is 11.5 Å². The van der Waals surface area contributed by atoms with Crippen molar-refractivity contribution in [3.05, 3.63) is 35.1 Å². The van der Waals surface area contributed by atoms with E-state index in [0.29, 0.717) is 11.1 Å². The number of aryl methyl sites for hydroxylation is 1. The third-order valence-corrected chi connectivity index (χ3v) is 4.03. The molecule has 1 saturated carbocycles. The minimum Gasteiger partial charge on any atom is -0.294 e. The van der Waals surface area contributed by atoms with Crippen LogP contribution in [0.1, 0.15) is 49.0 Å². The highest BCUT2D eigenvalue weighted by Gasteiger charge is 2.39. The molecule has 0 amide bonds. The molecular formula is C15H19FO. The molecule has 2 rings (SSSR count). The van der Waals surface area contributed by atoms with E-state index in [9.17, 15) is 9.18 Å². The smallest absolute Gasteiger partial charge is 0.166 e. The molecule has 1 aliphatic rings. The fraction of sp³-hybridized carbons (Fsp3) is 0.533. The van der Waals surface area contributed by atoms with Crippen LogP contribution in [0.4, 0.5) is 4.39 Å². The summed E-state index contributed by atoms with van der Waals surface area (Å²) in [7, 11) is 0. The molecule has 0 radical (unpaired) electrons. The number of carbonyl (C=O) groups excluding carboxylic acids is 1. The third kappa shape index (κ3) is 2.26. The number of Topliss-reactive ketones (excluding diaryl/α,β-unsaturated/α-hetero) is 1. The highest BCUT2D eigenvalue weighted by molar-refractivity contribution is 5.98.